The van der Waals surface area contributed by atoms with E-state index in [2.05, 4.69) is 24.5 Å². The maximum Gasteiger partial charge on any atom is 0.364 e. The van der Waals surface area contributed by atoms with Gasteiger partial charge in [0.1, 0.15) is 67.1 Å². The molecule has 0 aliphatic carbocycles. The Bertz CT molecular complexity index is 1930. The molecule has 14 N–H and O–H groups in total. The van der Waals surface area contributed by atoms with E-state index in [0.717, 1.165) is 51.9 Å². The van der Waals surface area contributed by atoms with Crippen molar-refractivity contribution in [2.45, 2.75) is 420 Å². The van der Waals surface area contributed by atoms with Crippen molar-refractivity contribution in [1.29, 1.82) is 0 Å². The number of aliphatic hydroxyl groups is 11. The van der Waals surface area contributed by atoms with Gasteiger partial charge in [0.2, 0.25) is 11.8 Å². The van der Waals surface area contributed by atoms with Crippen molar-refractivity contribution in [1.82, 2.24) is 10.6 Å². The average Bonchev–Trinajstić information content (AvgIpc) is 0.758. The van der Waals surface area contributed by atoms with Gasteiger partial charge in [-0.05, 0) is 12.8 Å². The molecule has 3 heterocycles. The van der Waals surface area contributed by atoms with Crippen LogP contribution in [0.4, 0.5) is 0 Å². The lowest BCUT2D eigenvalue weighted by molar-refractivity contribution is -0.386. The molecule has 23 nitrogen and oxygen atoms in total. The molecule has 0 spiro atoms. The molecule has 0 aromatic heterocycles. The van der Waals surface area contributed by atoms with Gasteiger partial charge in [0.05, 0.1) is 50.7 Å². The van der Waals surface area contributed by atoms with Crippen molar-refractivity contribution in [3.8, 4) is 0 Å². The molecule has 0 radical (unpaired) electrons. The van der Waals surface area contributed by atoms with E-state index in [0.29, 0.717) is 19.3 Å². The molecular weight excluding hydrogens is 1240 g/mol. The monoisotopic (exact) mass is 1380 g/mol. The van der Waals surface area contributed by atoms with Crippen molar-refractivity contribution in [2.24, 2.45) is 0 Å². The number of hydrogen-bond acceptors (Lipinski definition) is 20. The minimum atomic E-state index is -3.08. The molecule has 3 rings (SSSR count). The van der Waals surface area contributed by atoms with E-state index in [9.17, 15) is 75.7 Å². The number of nitrogens with one attached hydrogen (secondary N) is 2. The fourth-order valence-corrected chi connectivity index (χ4v) is 13.7. The lowest BCUT2D eigenvalue weighted by Crippen LogP contribution is -2.70. The number of unbranched alkanes of at least 4 members (excludes halogenated alkanes) is 40. The zero-order valence-corrected chi connectivity index (χ0v) is 59.5. The molecule has 566 valence electrons. The summed E-state index contributed by atoms with van der Waals surface area (Å²) in [6.45, 7) is 2.25. The highest BCUT2D eigenvalue weighted by atomic mass is 16.8. The quantitative estimate of drug-likeness (QED) is 0.0253. The van der Waals surface area contributed by atoms with E-state index < -0.39 is 148 Å². The van der Waals surface area contributed by atoms with Gasteiger partial charge in [-0.2, -0.15) is 0 Å². The normalized spacial score (nSPS) is 27.5. The number of carbonyl (C=O) groups is 3. The van der Waals surface area contributed by atoms with Gasteiger partial charge in [-0.3, -0.25) is 9.59 Å². The number of carbonyl (C=O) groups excluding carboxylic acids is 2. The first-order chi connectivity index (χ1) is 46.4. The first-order valence-corrected chi connectivity index (χ1v) is 38.4. The zero-order valence-electron chi connectivity index (χ0n) is 59.5. The second kappa shape index (κ2) is 53.5. The third-order valence-corrected chi connectivity index (χ3v) is 19.8. The lowest BCUT2D eigenvalue weighted by atomic mass is 9.88. The molecule has 18 unspecified atom stereocenters. The molecule has 23 heteroatoms. The van der Waals surface area contributed by atoms with Crippen molar-refractivity contribution in [3.05, 3.63) is 0 Å². The SMILES string of the molecule is CCCCCCCCCCCCCCCCCCCCCCCCCCCC(O)C(COC1OC(CO)C(OC2OC(CO)C(O)C(OC3(C(=O)O)CC(O)C(NC(C)=O)C(C(O)C(O)CO)O3)C2O)C(O)C1O)NC(=O)CCCCCCCCCCCCCCCCCCC. The first kappa shape index (κ1) is 87.9. The summed E-state index contributed by atoms with van der Waals surface area (Å²) in [6.07, 6.45) is 23.8. The summed E-state index contributed by atoms with van der Waals surface area (Å²) >= 11 is 0. The molecular formula is C73H138N2O21. The van der Waals surface area contributed by atoms with Crippen LogP contribution >= 0.6 is 0 Å². The largest absolute Gasteiger partial charge is 0.477 e. The van der Waals surface area contributed by atoms with Crippen LogP contribution in [-0.4, -0.2) is 215 Å². The Morgan fingerprint density at radius 3 is 1.30 bits per heavy atom. The maximum absolute atomic E-state index is 13.5. The van der Waals surface area contributed by atoms with Gasteiger partial charge in [-0.1, -0.05) is 277 Å². The third kappa shape index (κ3) is 34.6. The smallest absolute Gasteiger partial charge is 0.364 e. The summed E-state index contributed by atoms with van der Waals surface area (Å²) in [6, 6.07) is -2.52. The summed E-state index contributed by atoms with van der Waals surface area (Å²) in [5, 5.41) is 136. The molecule has 3 fully saturated rings. The van der Waals surface area contributed by atoms with E-state index in [1.165, 1.54) is 212 Å². The van der Waals surface area contributed by atoms with Crippen LogP contribution in [0.5, 0.6) is 0 Å². The number of rotatable bonds is 60. The summed E-state index contributed by atoms with van der Waals surface area (Å²) in [7, 11) is 0. The van der Waals surface area contributed by atoms with Crippen LogP contribution < -0.4 is 10.6 Å². The summed E-state index contributed by atoms with van der Waals surface area (Å²) in [4.78, 5) is 38.6. The van der Waals surface area contributed by atoms with Crippen molar-refractivity contribution in [3.63, 3.8) is 0 Å². The predicted octanol–water partition coefficient (Wildman–Crippen LogP) is 8.85. The number of carboxylic acids is 1. The number of ether oxygens (including phenoxy) is 6. The molecule has 0 aromatic rings. The molecule has 3 saturated heterocycles. The number of aliphatic carboxylic acids is 1. The van der Waals surface area contributed by atoms with Gasteiger partial charge >= 0.3 is 5.97 Å². The van der Waals surface area contributed by atoms with Crippen LogP contribution in [0.25, 0.3) is 0 Å². The Morgan fingerprint density at radius 1 is 0.500 bits per heavy atom. The van der Waals surface area contributed by atoms with Crippen LogP contribution in [0.15, 0.2) is 0 Å². The summed E-state index contributed by atoms with van der Waals surface area (Å²) in [5.41, 5.74) is 0. The fraction of sp³-hybridized carbons (Fsp3) is 0.959. The fourth-order valence-electron chi connectivity index (χ4n) is 13.7. The lowest BCUT2D eigenvalue weighted by Gasteiger charge is -2.50. The van der Waals surface area contributed by atoms with E-state index in [-0.39, 0.29) is 18.9 Å². The molecule has 3 aliphatic rings. The van der Waals surface area contributed by atoms with Gasteiger partial charge in [0.15, 0.2) is 12.6 Å². The molecule has 0 saturated carbocycles. The van der Waals surface area contributed by atoms with E-state index in [4.69, 9.17) is 28.4 Å². The van der Waals surface area contributed by atoms with Gasteiger partial charge in [-0.15, -0.1) is 0 Å². The Kier molecular flexibility index (Phi) is 49.0. The van der Waals surface area contributed by atoms with E-state index in [1.54, 1.807) is 0 Å². The minimum absolute atomic E-state index is 0.229. The number of aliphatic hydroxyl groups excluding tert-OH is 11. The van der Waals surface area contributed by atoms with E-state index in [1.807, 2.05) is 0 Å². The predicted molar refractivity (Wildman–Crippen MR) is 366 cm³/mol. The van der Waals surface area contributed by atoms with Gasteiger partial charge in [0, 0.05) is 19.8 Å². The summed E-state index contributed by atoms with van der Waals surface area (Å²) < 4.78 is 34.9. The number of amides is 2. The van der Waals surface area contributed by atoms with Crippen LogP contribution in [0, 0.1) is 0 Å². The van der Waals surface area contributed by atoms with Crippen LogP contribution in [0.2, 0.25) is 0 Å². The molecule has 96 heavy (non-hydrogen) atoms. The Hall–Kier alpha value is -2.27. The van der Waals surface area contributed by atoms with Crippen LogP contribution in [0.1, 0.15) is 310 Å². The van der Waals surface area contributed by atoms with Crippen LogP contribution in [0.3, 0.4) is 0 Å². The van der Waals surface area contributed by atoms with Gasteiger partial charge in [-0.25, -0.2) is 4.79 Å². The standard InChI is InChI=1S/C73H138N2O21/c1-4-6-8-10-12-14-16-18-20-22-23-24-25-26-27-28-29-31-32-34-36-38-40-42-44-46-55(80)54(75-60(83)47-45-43-41-39-37-35-33-30-21-19-17-15-13-11-9-7-5-2)52-91-70-65(87)64(86)67(59(51-78)93-70)94-71-66(88)69(63(85)58(50-77)92-71)96-73(72(89)90)48-56(81)61(74-53(3)79)68(95-73)62(84)57(82)49-76/h54-59,61-71,76-78,80-82,84-88H,4-52H2,1-3H3,(H,74,79)(H,75,83)(H,89,90). The highest BCUT2D eigenvalue weighted by molar-refractivity contribution is 5.77. The van der Waals surface area contributed by atoms with E-state index >= 15 is 0 Å². The molecule has 0 bridgehead atoms. The molecule has 0 aromatic carbocycles. The molecule has 3 aliphatic heterocycles. The van der Waals surface area contributed by atoms with Gasteiger partial charge < -0.3 is 100 Å². The molecule has 2 amide bonds. The zero-order chi connectivity index (χ0) is 70.4. The first-order valence-electron chi connectivity index (χ1n) is 38.4. The second-order valence-corrected chi connectivity index (χ2v) is 28.2. The summed E-state index contributed by atoms with van der Waals surface area (Å²) in [5.74, 6) is -6.09. The van der Waals surface area contributed by atoms with Crippen molar-refractivity contribution in [2.75, 3.05) is 26.4 Å². The average molecular weight is 1380 g/mol. The highest BCUT2D eigenvalue weighted by Crippen LogP contribution is 2.39. The minimum Gasteiger partial charge on any atom is -0.477 e. The third-order valence-electron chi connectivity index (χ3n) is 19.8. The second-order valence-electron chi connectivity index (χ2n) is 28.2. The Labute approximate surface area is 576 Å². The number of hydrogen-bond donors (Lipinski definition) is 14. The highest BCUT2D eigenvalue weighted by Gasteiger charge is 2.60. The van der Waals surface area contributed by atoms with Crippen molar-refractivity contribution >= 4 is 17.8 Å². The Morgan fingerprint density at radius 2 is 0.906 bits per heavy atom. The topological polar surface area (TPSA) is 373 Å². The number of carboxylic acid groups (broad SMARTS) is 1. The van der Waals surface area contributed by atoms with Crippen molar-refractivity contribution < 1.29 is 104 Å². The Balaban J connectivity index is 1.53. The molecule has 18 atom stereocenters. The van der Waals surface area contributed by atoms with Gasteiger partial charge in [0.25, 0.3) is 5.79 Å². The van der Waals surface area contributed by atoms with Crippen LogP contribution in [-0.2, 0) is 42.8 Å². The maximum atomic E-state index is 13.5.